The highest BCUT2D eigenvalue weighted by atomic mass is 35.5. The summed E-state index contributed by atoms with van der Waals surface area (Å²) in [5, 5.41) is 3.72. The zero-order valence-electron chi connectivity index (χ0n) is 13.7. The molecule has 1 N–H and O–H groups in total. The van der Waals surface area contributed by atoms with Crippen LogP contribution in [0.2, 0.25) is 5.02 Å². The third-order valence-corrected chi connectivity index (χ3v) is 6.01. The number of aromatic nitrogens is 1. The lowest BCUT2D eigenvalue weighted by Gasteiger charge is -2.34. The van der Waals surface area contributed by atoms with Crippen LogP contribution in [0.3, 0.4) is 0 Å². The van der Waals surface area contributed by atoms with Crippen molar-refractivity contribution >= 4 is 46.4 Å². The number of nitrogens with zero attached hydrogens (tertiary/aromatic N) is 2. The van der Waals surface area contributed by atoms with Gasteiger partial charge >= 0.3 is 0 Å². The van der Waals surface area contributed by atoms with E-state index in [4.69, 9.17) is 16.3 Å². The smallest absolute Gasteiger partial charge is 0.243 e. The number of hydrogen-bond acceptors (Lipinski definition) is 5. The summed E-state index contributed by atoms with van der Waals surface area (Å²) < 4.78 is 33.0. The molecule has 3 rings (SSSR count). The molecule has 6 nitrogen and oxygen atoms in total. The van der Waals surface area contributed by atoms with E-state index in [1.54, 1.807) is 36.7 Å². The molecule has 0 bridgehead atoms. The third kappa shape index (κ3) is 5.45. The van der Waals surface area contributed by atoms with E-state index in [2.05, 4.69) is 10.3 Å². The monoisotopic (exact) mass is 439 g/mol. The molecule has 1 aliphatic heterocycles. The van der Waals surface area contributed by atoms with Gasteiger partial charge < -0.3 is 10.1 Å². The van der Waals surface area contributed by atoms with Crippen LogP contribution < -0.4 is 10.1 Å². The molecule has 1 saturated heterocycles. The Morgan fingerprint density at radius 1 is 1.23 bits per heavy atom. The Bertz CT molecular complexity index is 776. The van der Waals surface area contributed by atoms with E-state index in [0.29, 0.717) is 30.4 Å². The first-order valence-corrected chi connectivity index (χ1v) is 9.40. The maximum atomic E-state index is 12.9. The summed E-state index contributed by atoms with van der Waals surface area (Å²) in [5.41, 5.74) is 0. The number of pyridine rings is 1. The Morgan fingerprint density at radius 3 is 2.62 bits per heavy atom. The Kier molecular flexibility index (Phi) is 9.09. The molecule has 1 fully saturated rings. The van der Waals surface area contributed by atoms with Crippen LogP contribution in [0.5, 0.6) is 5.75 Å². The number of ether oxygens (including phenoxy) is 1. The largest absolute Gasteiger partial charge is 0.490 e. The van der Waals surface area contributed by atoms with Crippen LogP contribution in [-0.2, 0) is 10.0 Å². The van der Waals surface area contributed by atoms with E-state index in [1.807, 2.05) is 0 Å². The zero-order valence-corrected chi connectivity index (χ0v) is 17.0. The van der Waals surface area contributed by atoms with Gasteiger partial charge in [-0.15, -0.1) is 24.8 Å². The number of hydrogen-bond donors (Lipinski definition) is 1. The summed E-state index contributed by atoms with van der Waals surface area (Å²) in [4.78, 5) is 4.22. The number of piperazine rings is 1. The zero-order chi connectivity index (χ0) is 17.0. The molecule has 0 spiro atoms. The average molecular weight is 441 g/mol. The van der Waals surface area contributed by atoms with Crippen LogP contribution in [0.4, 0.5) is 0 Å². The Balaban J connectivity index is 0.00000169. The van der Waals surface area contributed by atoms with E-state index < -0.39 is 10.0 Å². The minimum absolute atomic E-state index is 0. The first kappa shape index (κ1) is 23.0. The van der Waals surface area contributed by atoms with Gasteiger partial charge in [0, 0.05) is 30.9 Å². The molecule has 144 valence electrons. The normalized spacial score (nSPS) is 17.7. The highest BCUT2D eigenvalue weighted by molar-refractivity contribution is 7.89. The van der Waals surface area contributed by atoms with Gasteiger partial charge in [-0.3, -0.25) is 4.98 Å². The molecule has 0 amide bonds. The van der Waals surface area contributed by atoms with E-state index in [9.17, 15) is 8.42 Å². The average Bonchev–Trinajstić information content (AvgIpc) is 2.61. The van der Waals surface area contributed by atoms with Gasteiger partial charge in [0.15, 0.2) is 0 Å². The fourth-order valence-electron chi connectivity index (χ4n) is 2.57. The van der Waals surface area contributed by atoms with E-state index in [0.717, 1.165) is 0 Å². The van der Waals surface area contributed by atoms with Gasteiger partial charge in [-0.25, -0.2) is 8.42 Å². The molecule has 2 aromatic rings. The van der Waals surface area contributed by atoms with Crippen LogP contribution in [0, 0.1) is 0 Å². The van der Waals surface area contributed by atoms with Gasteiger partial charge in [0.25, 0.3) is 0 Å². The van der Waals surface area contributed by atoms with Crippen molar-refractivity contribution in [3.05, 3.63) is 53.8 Å². The van der Waals surface area contributed by atoms with Crippen molar-refractivity contribution in [3.63, 3.8) is 0 Å². The summed E-state index contributed by atoms with van der Waals surface area (Å²) in [7, 11) is -3.59. The second kappa shape index (κ2) is 10.3. The fourth-order valence-corrected chi connectivity index (χ4v) is 4.30. The second-order valence-electron chi connectivity index (χ2n) is 5.43. The summed E-state index contributed by atoms with van der Waals surface area (Å²) in [6.45, 7) is 1.79. The molecular formula is C16H20Cl3N3O3S. The summed E-state index contributed by atoms with van der Waals surface area (Å²) in [6.07, 6.45) is 3.26. The number of sulfonamides is 1. The number of benzene rings is 1. The molecule has 1 aromatic carbocycles. The Labute approximate surface area is 170 Å². The van der Waals surface area contributed by atoms with Crippen LogP contribution in [0.1, 0.15) is 0 Å². The molecule has 26 heavy (non-hydrogen) atoms. The van der Waals surface area contributed by atoms with Crippen molar-refractivity contribution in [1.29, 1.82) is 0 Å². The minimum atomic E-state index is -3.59. The van der Waals surface area contributed by atoms with Crippen molar-refractivity contribution in [1.82, 2.24) is 14.6 Å². The van der Waals surface area contributed by atoms with E-state index in [1.165, 1.54) is 16.4 Å². The number of nitrogens with one attached hydrogen (secondary N) is 1. The van der Waals surface area contributed by atoms with Crippen molar-refractivity contribution < 1.29 is 13.2 Å². The maximum Gasteiger partial charge on any atom is 0.243 e. The highest BCUT2D eigenvalue weighted by Gasteiger charge is 2.33. The van der Waals surface area contributed by atoms with Crippen molar-refractivity contribution in [2.24, 2.45) is 0 Å². The highest BCUT2D eigenvalue weighted by Crippen LogP contribution is 2.22. The molecule has 0 radical (unpaired) electrons. The van der Waals surface area contributed by atoms with Crippen molar-refractivity contribution in [2.75, 3.05) is 26.2 Å². The summed E-state index contributed by atoms with van der Waals surface area (Å²) in [5.74, 6) is 0.618. The quantitative estimate of drug-likeness (QED) is 0.774. The van der Waals surface area contributed by atoms with Crippen LogP contribution in [0.25, 0.3) is 0 Å². The minimum Gasteiger partial charge on any atom is -0.490 e. The lowest BCUT2D eigenvalue weighted by molar-refractivity contribution is 0.179. The molecule has 1 aromatic heterocycles. The fraction of sp³-hybridized carbons (Fsp3) is 0.312. The van der Waals surface area contributed by atoms with Gasteiger partial charge in [-0.1, -0.05) is 11.6 Å². The Hall–Kier alpha value is -1.09. The van der Waals surface area contributed by atoms with Gasteiger partial charge in [0.05, 0.1) is 17.1 Å². The molecule has 1 atom stereocenters. The van der Waals surface area contributed by atoms with Crippen LogP contribution >= 0.6 is 36.4 Å². The first-order valence-electron chi connectivity index (χ1n) is 7.58. The SMILES string of the molecule is Cl.Cl.O=S(=O)(c1ccc(Cl)cc1)N1CCNCC1COc1cccnc1. The molecule has 2 heterocycles. The van der Waals surface area contributed by atoms with Crippen LogP contribution in [0.15, 0.2) is 53.7 Å². The van der Waals surface area contributed by atoms with Crippen molar-refractivity contribution in [2.45, 2.75) is 10.9 Å². The first-order chi connectivity index (χ1) is 11.6. The lowest BCUT2D eigenvalue weighted by Crippen LogP contribution is -2.55. The predicted molar refractivity (Wildman–Crippen MR) is 106 cm³/mol. The molecule has 10 heteroatoms. The molecular weight excluding hydrogens is 421 g/mol. The number of halogens is 3. The molecule has 1 unspecified atom stereocenters. The van der Waals surface area contributed by atoms with E-state index >= 15 is 0 Å². The summed E-state index contributed by atoms with van der Waals surface area (Å²) >= 11 is 5.85. The van der Waals surface area contributed by atoms with Gasteiger partial charge in [0.2, 0.25) is 10.0 Å². The molecule has 0 aliphatic carbocycles. The summed E-state index contributed by atoms with van der Waals surface area (Å²) in [6, 6.07) is 9.49. The second-order valence-corrected chi connectivity index (χ2v) is 7.75. The predicted octanol–water partition coefficient (Wildman–Crippen LogP) is 2.62. The van der Waals surface area contributed by atoms with Gasteiger partial charge in [-0.2, -0.15) is 4.31 Å². The maximum absolute atomic E-state index is 12.9. The van der Waals surface area contributed by atoms with Crippen molar-refractivity contribution in [3.8, 4) is 5.75 Å². The standard InChI is InChI=1S/C16H18ClN3O3S.2ClH/c17-13-3-5-16(6-4-13)24(21,22)20-9-8-19-10-14(20)12-23-15-2-1-7-18-11-15;;/h1-7,11,14,19H,8-10,12H2;2*1H. The lowest BCUT2D eigenvalue weighted by atomic mass is 10.2. The number of rotatable bonds is 5. The van der Waals surface area contributed by atoms with E-state index in [-0.39, 0.29) is 42.4 Å². The molecule has 0 saturated carbocycles. The Morgan fingerprint density at radius 2 is 1.96 bits per heavy atom. The van der Waals surface area contributed by atoms with Crippen LogP contribution in [-0.4, -0.2) is 50.0 Å². The van der Waals surface area contributed by atoms with Gasteiger partial charge in [0.1, 0.15) is 12.4 Å². The van der Waals surface area contributed by atoms with Gasteiger partial charge in [-0.05, 0) is 36.4 Å². The molecule has 1 aliphatic rings. The third-order valence-electron chi connectivity index (χ3n) is 3.79. The topological polar surface area (TPSA) is 71.5 Å².